The van der Waals surface area contributed by atoms with Gasteiger partial charge in [0.15, 0.2) is 0 Å². The molecule has 0 aliphatic carbocycles. The quantitative estimate of drug-likeness (QED) is 0.774. The molecule has 2 aromatic carbocycles. The first-order valence-electron chi connectivity index (χ1n) is 7.30. The van der Waals surface area contributed by atoms with Gasteiger partial charge in [-0.2, -0.15) is 0 Å². The monoisotopic (exact) mass is 360 g/mol. The zero-order valence-electron chi connectivity index (χ0n) is 13.2. The Morgan fingerprint density at radius 2 is 1.88 bits per heavy atom. The van der Waals surface area contributed by atoms with E-state index in [1.54, 1.807) is 24.3 Å². The van der Waals surface area contributed by atoms with E-state index in [0.29, 0.717) is 11.2 Å². The highest BCUT2D eigenvalue weighted by Crippen LogP contribution is 2.26. The molecule has 1 N–H and O–H groups in total. The molecule has 0 fully saturated rings. The van der Waals surface area contributed by atoms with Crippen molar-refractivity contribution in [3.8, 4) is 0 Å². The number of hydrogen-bond acceptors (Lipinski definition) is 5. The number of thiazole rings is 1. The van der Waals surface area contributed by atoms with Crippen molar-refractivity contribution in [2.45, 2.75) is 18.2 Å². The normalized spacial score (nSPS) is 11.6. The Bertz CT molecular complexity index is 990. The van der Waals surface area contributed by atoms with Crippen molar-refractivity contribution >= 4 is 43.0 Å². The van der Waals surface area contributed by atoms with Gasteiger partial charge in [0, 0.05) is 5.69 Å². The lowest BCUT2D eigenvalue weighted by Gasteiger charge is -2.07. The van der Waals surface area contributed by atoms with Crippen LogP contribution in [0.2, 0.25) is 0 Å². The third-order valence-corrected chi connectivity index (χ3v) is 6.76. The number of amides is 1. The summed E-state index contributed by atoms with van der Waals surface area (Å²) in [6, 6.07) is 12.6. The predicted octanol–water partition coefficient (Wildman–Crippen LogP) is 3.33. The first-order chi connectivity index (χ1) is 11.3. The Balaban J connectivity index is 1.78. The molecule has 124 valence electrons. The van der Waals surface area contributed by atoms with Gasteiger partial charge in [-0.05, 0) is 49.2 Å². The maximum Gasteiger partial charge on any atom is 0.240 e. The van der Waals surface area contributed by atoms with Gasteiger partial charge < -0.3 is 5.32 Å². The Labute approximate surface area is 144 Å². The molecule has 1 heterocycles. The number of para-hydroxylation sites is 1. The molecule has 24 heavy (non-hydrogen) atoms. The fourth-order valence-electron chi connectivity index (χ4n) is 2.23. The molecule has 0 saturated carbocycles. The number of benzene rings is 2. The van der Waals surface area contributed by atoms with Gasteiger partial charge >= 0.3 is 0 Å². The number of fused-ring (bicyclic) bond motifs is 1. The third kappa shape index (κ3) is 3.47. The van der Waals surface area contributed by atoms with E-state index in [2.05, 4.69) is 10.3 Å². The molecule has 1 aromatic heterocycles. The van der Waals surface area contributed by atoms with E-state index < -0.39 is 21.5 Å². The average molecular weight is 360 g/mol. The minimum atomic E-state index is -3.76. The van der Waals surface area contributed by atoms with Gasteiger partial charge in [0.05, 0.1) is 10.2 Å². The van der Waals surface area contributed by atoms with Crippen LogP contribution in [0.1, 0.15) is 11.1 Å². The number of anilines is 1. The van der Waals surface area contributed by atoms with Crippen molar-refractivity contribution in [2.24, 2.45) is 0 Å². The van der Waals surface area contributed by atoms with Gasteiger partial charge in [0.25, 0.3) is 0 Å². The molecular formula is C17H16N2O3S2. The van der Waals surface area contributed by atoms with Gasteiger partial charge in [-0.15, -0.1) is 11.3 Å². The van der Waals surface area contributed by atoms with E-state index in [1.807, 2.05) is 32.0 Å². The molecule has 0 aliphatic rings. The molecule has 1 amide bonds. The highest BCUT2D eigenvalue weighted by Gasteiger charge is 2.23. The van der Waals surface area contributed by atoms with Gasteiger partial charge in [-0.25, -0.2) is 13.4 Å². The largest absolute Gasteiger partial charge is 0.325 e. The fraction of sp³-hybridized carbons (Fsp3) is 0.176. The van der Waals surface area contributed by atoms with Crippen LogP contribution in [0, 0.1) is 13.8 Å². The highest BCUT2D eigenvalue weighted by molar-refractivity contribution is 7.94. The second-order valence-electron chi connectivity index (χ2n) is 5.55. The maximum absolute atomic E-state index is 12.4. The standard InChI is InChI=1S/C17H16N2O3S2/c1-11-7-8-13(9-12(11)2)18-16(20)10-24(21,22)17-19-14-5-3-4-6-15(14)23-17/h3-9H,10H2,1-2H3,(H,18,20). The number of hydrogen-bond donors (Lipinski definition) is 1. The summed E-state index contributed by atoms with van der Waals surface area (Å²) in [5, 5.41) is 2.63. The van der Waals surface area contributed by atoms with Crippen LogP contribution in [-0.2, 0) is 14.6 Å². The summed E-state index contributed by atoms with van der Waals surface area (Å²) < 4.78 is 25.6. The Morgan fingerprint density at radius 1 is 1.12 bits per heavy atom. The number of aromatic nitrogens is 1. The lowest BCUT2D eigenvalue weighted by molar-refractivity contribution is -0.113. The Kier molecular flexibility index (Phi) is 4.38. The number of carbonyl (C=O) groups excluding carboxylic acids is 1. The molecule has 0 aliphatic heterocycles. The van der Waals surface area contributed by atoms with Crippen LogP contribution in [0.25, 0.3) is 10.2 Å². The smallest absolute Gasteiger partial charge is 0.240 e. The van der Waals surface area contributed by atoms with Crippen LogP contribution < -0.4 is 5.32 Å². The molecule has 0 saturated heterocycles. The summed E-state index contributed by atoms with van der Waals surface area (Å²) in [5.41, 5.74) is 3.34. The van der Waals surface area contributed by atoms with Gasteiger partial charge in [-0.1, -0.05) is 18.2 Å². The van der Waals surface area contributed by atoms with Crippen LogP contribution >= 0.6 is 11.3 Å². The van der Waals surface area contributed by atoms with E-state index >= 15 is 0 Å². The number of nitrogens with zero attached hydrogens (tertiary/aromatic N) is 1. The molecule has 0 radical (unpaired) electrons. The van der Waals surface area contributed by atoms with Crippen molar-refractivity contribution in [3.05, 3.63) is 53.6 Å². The number of rotatable bonds is 4. The number of nitrogens with one attached hydrogen (secondary N) is 1. The van der Waals surface area contributed by atoms with E-state index in [4.69, 9.17) is 0 Å². The molecular weight excluding hydrogens is 344 g/mol. The summed E-state index contributed by atoms with van der Waals surface area (Å²) >= 11 is 1.08. The van der Waals surface area contributed by atoms with Crippen LogP contribution in [0.3, 0.4) is 0 Å². The molecule has 3 aromatic rings. The number of sulfone groups is 1. The summed E-state index contributed by atoms with van der Waals surface area (Å²) in [5.74, 6) is -1.20. The van der Waals surface area contributed by atoms with Crippen LogP contribution in [0.5, 0.6) is 0 Å². The lowest BCUT2D eigenvalue weighted by Crippen LogP contribution is -2.23. The van der Waals surface area contributed by atoms with Crippen molar-refractivity contribution in [1.82, 2.24) is 4.98 Å². The van der Waals surface area contributed by atoms with Crippen molar-refractivity contribution in [1.29, 1.82) is 0 Å². The molecule has 3 rings (SSSR count). The second kappa shape index (κ2) is 6.33. The van der Waals surface area contributed by atoms with E-state index in [-0.39, 0.29) is 4.34 Å². The third-order valence-electron chi connectivity index (χ3n) is 3.65. The first kappa shape index (κ1) is 16.6. The van der Waals surface area contributed by atoms with Crippen LogP contribution in [-0.4, -0.2) is 25.1 Å². The van der Waals surface area contributed by atoms with Gasteiger partial charge in [-0.3, -0.25) is 4.79 Å². The predicted molar refractivity (Wildman–Crippen MR) is 96.2 cm³/mol. The zero-order valence-corrected chi connectivity index (χ0v) is 14.9. The van der Waals surface area contributed by atoms with Gasteiger partial charge in [0.2, 0.25) is 20.1 Å². The second-order valence-corrected chi connectivity index (χ2v) is 8.75. The van der Waals surface area contributed by atoms with Crippen molar-refractivity contribution < 1.29 is 13.2 Å². The number of aryl methyl sites for hydroxylation is 2. The van der Waals surface area contributed by atoms with Crippen molar-refractivity contribution in [2.75, 3.05) is 11.1 Å². The molecule has 0 unspecified atom stereocenters. The van der Waals surface area contributed by atoms with Crippen LogP contribution in [0.4, 0.5) is 5.69 Å². The molecule has 0 spiro atoms. The minimum absolute atomic E-state index is 0.0288. The average Bonchev–Trinajstić information content (AvgIpc) is 2.95. The maximum atomic E-state index is 12.4. The summed E-state index contributed by atoms with van der Waals surface area (Å²) in [6.45, 7) is 3.90. The Morgan fingerprint density at radius 3 is 2.58 bits per heavy atom. The topological polar surface area (TPSA) is 76.1 Å². The van der Waals surface area contributed by atoms with Gasteiger partial charge in [0.1, 0.15) is 5.75 Å². The van der Waals surface area contributed by atoms with E-state index in [0.717, 1.165) is 27.2 Å². The summed E-state index contributed by atoms with van der Waals surface area (Å²) in [7, 11) is -3.76. The van der Waals surface area contributed by atoms with Crippen molar-refractivity contribution in [3.63, 3.8) is 0 Å². The SMILES string of the molecule is Cc1ccc(NC(=O)CS(=O)(=O)c2nc3ccccc3s2)cc1C. The minimum Gasteiger partial charge on any atom is -0.325 e. The first-order valence-corrected chi connectivity index (χ1v) is 9.77. The fourth-order valence-corrected chi connectivity index (χ4v) is 4.66. The molecule has 0 atom stereocenters. The molecule has 5 nitrogen and oxygen atoms in total. The van der Waals surface area contributed by atoms with Crippen LogP contribution in [0.15, 0.2) is 46.8 Å². The van der Waals surface area contributed by atoms with E-state index in [9.17, 15) is 13.2 Å². The zero-order chi connectivity index (χ0) is 17.3. The Hall–Kier alpha value is -2.25. The lowest BCUT2D eigenvalue weighted by atomic mass is 10.1. The highest BCUT2D eigenvalue weighted by atomic mass is 32.2. The number of carbonyl (C=O) groups is 1. The summed E-state index contributed by atoms with van der Waals surface area (Å²) in [4.78, 5) is 16.2. The molecule has 7 heteroatoms. The summed E-state index contributed by atoms with van der Waals surface area (Å²) in [6.07, 6.45) is 0. The van der Waals surface area contributed by atoms with E-state index in [1.165, 1.54) is 0 Å². The molecule has 0 bridgehead atoms.